The number of hydrazone groups is 1. The normalized spacial score (nSPS) is 15.9. The maximum absolute atomic E-state index is 12.2. The van der Waals surface area contributed by atoms with E-state index in [2.05, 4.69) is 20.5 Å². The summed E-state index contributed by atoms with van der Waals surface area (Å²) in [7, 11) is 0. The Balaban J connectivity index is 1.33. The van der Waals surface area contributed by atoms with E-state index in [-0.39, 0.29) is 11.7 Å². The molecule has 4 rings (SSSR count). The van der Waals surface area contributed by atoms with Crippen molar-refractivity contribution >= 4 is 40.2 Å². The fourth-order valence-corrected chi connectivity index (χ4v) is 3.93. The fraction of sp³-hybridized carbons (Fsp3) is 0.238. The number of para-hydroxylation sites is 2. The summed E-state index contributed by atoms with van der Waals surface area (Å²) in [4.78, 5) is 31.5. The highest BCUT2D eigenvalue weighted by molar-refractivity contribution is 7.98. The highest BCUT2D eigenvalue weighted by atomic mass is 32.2. The molecule has 2 N–H and O–H groups in total. The molecule has 6 nitrogen and oxygen atoms in total. The predicted molar refractivity (Wildman–Crippen MR) is 110 cm³/mol. The number of nitrogens with zero attached hydrogens (tertiary/aromatic N) is 2. The summed E-state index contributed by atoms with van der Waals surface area (Å²) < 4.78 is 0. The number of benzene rings is 2. The predicted octanol–water partition coefficient (Wildman–Crippen LogP) is 4.08. The smallest absolute Gasteiger partial charge is 0.271 e. The molecular formula is C21H20N4O2S. The van der Waals surface area contributed by atoms with E-state index in [0.29, 0.717) is 18.4 Å². The number of aromatic amines is 1. The zero-order chi connectivity index (χ0) is 19.3. The number of thioether (sulfide) groups is 1. The molecule has 0 bridgehead atoms. The van der Waals surface area contributed by atoms with Crippen molar-refractivity contribution in [1.82, 2.24) is 15.4 Å². The molecule has 1 saturated carbocycles. The Bertz CT molecular complexity index is 1010. The topological polar surface area (TPSA) is 87.2 Å². The van der Waals surface area contributed by atoms with Crippen LogP contribution in [-0.4, -0.2) is 27.4 Å². The second-order valence-corrected chi connectivity index (χ2v) is 7.70. The van der Waals surface area contributed by atoms with E-state index in [1.165, 1.54) is 0 Å². The van der Waals surface area contributed by atoms with Gasteiger partial charge >= 0.3 is 0 Å². The molecule has 0 aliphatic heterocycles. The molecule has 0 atom stereocenters. The van der Waals surface area contributed by atoms with Gasteiger partial charge in [0.1, 0.15) is 5.78 Å². The number of rotatable bonds is 5. The molecule has 3 aromatic rings. The molecule has 28 heavy (non-hydrogen) atoms. The second-order valence-electron chi connectivity index (χ2n) is 6.73. The van der Waals surface area contributed by atoms with Gasteiger partial charge in [-0.15, -0.1) is 0 Å². The average molecular weight is 392 g/mol. The molecule has 0 unspecified atom stereocenters. The summed E-state index contributed by atoms with van der Waals surface area (Å²) in [5.74, 6) is 0.680. The standard InChI is InChI=1S/C21H20N4O2S/c26-17-5-3-4-16(12-17)24-25-20(27)15-10-8-14(9-11-15)13-28-21-22-18-6-1-2-7-19(18)23-21/h1-2,6-11H,3-5,12-13H2,(H,22,23)(H,25,27)/b24-16+. The Morgan fingerprint density at radius 2 is 1.96 bits per heavy atom. The molecule has 142 valence electrons. The molecule has 1 amide bonds. The van der Waals surface area contributed by atoms with E-state index in [4.69, 9.17) is 0 Å². The minimum absolute atomic E-state index is 0.186. The fourth-order valence-electron chi connectivity index (χ4n) is 3.09. The van der Waals surface area contributed by atoms with E-state index in [0.717, 1.165) is 46.1 Å². The summed E-state index contributed by atoms with van der Waals surface area (Å²) in [5, 5.41) is 4.98. The van der Waals surface area contributed by atoms with Crippen molar-refractivity contribution in [3.05, 3.63) is 59.7 Å². The van der Waals surface area contributed by atoms with Gasteiger partial charge < -0.3 is 4.98 Å². The zero-order valence-electron chi connectivity index (χ0n) is 15.3. The van der Waals surface area contributed by atoms with Crippen LogP contribution in [-0.2, 0) is 10.5 Å². The van der Waals surface area contributed by atoms with Gasteiger partial charge in [-0.1, -0.05) is 36.0 Å². The van der Waals surface area contributed by atoms with Crippen molar-refractivity contribution < 1.29 is 9.59 Å². The van der Waals surface area contributed by atoms with E-state index < -0.39 is 0 Å². The first kappa shape index (κ1) is 18.4. The van der Waals surface area contributed by atoms with Crippen molar-refractivity contribution in [3.63, 3.8) is 0 Å². The minimum Gasteiger partial charge on any atom is -0.333 e. The second kappa shape index (κ2) is 8.39. The Hall–Kier alpha value is -2.93. The molecule has 0 spiro atoms. The van der Waals surface area contributed by atoms with Gasteiger partial charge in [-0.2, -0.15) is 5.10 Å². The number of H-pyrrole nitrogens is 1. The van der Waals surface area contributed by atoms with Gasteiger partial charge in [0, 0.05) is 29.9 Å². The molecule has 1 aliphatic rings. The average Bonchev–Trinajstić information content (AvgIpc) is 3.14. The van der Waals surface area contributed by atoms with Crippen LogP contribution in [0.5, 0.6) is 0 Å². The number of fused-ring (bicyclic) bond motifs is 1. The lowest BCUT2D eigenvalue weighted by Crippen LogP contribution is -2.22. The van der Waals surface area contributed by atoms with Crippen molar-refractivity contribution in [3.8, 4) is 0 Å². The lowest BCUT2D eigenvalue weighted by atomic mass is 9.97. The van der Waals surface area contributed by atoms with Crippen LogP contribution in [0, 0.1) is 0 Å². The third kappa shape index (κ3) is 4.48. The number of aromatic nitrogens is 2. The molecule has 0 saturated heterocycles. The third-order valence-corrected chi connectivity index (χ3v) is 5.54. The molecule has 1 aliphatic carbocycles. The van der Waals surface area contributed by atoms with Crippen molar-refractivity contribution in [2.75, 3.05) is 0 Å². The monoisotopic (exact) mass is 392 g/mol. The molecule has 0 radical (unpaired) electrons. The number of imidazole rings is 1. The van der Waals surface area contributed by atoms with Crippen LogP contribution in [0.25, 0.3) is 11.0 Å². The number of nitrogens with one attached hydrogen (secondary N) is 2. The van der Waals surface area contributed by atoms with E-state index in [9.17, 15) is 9.59 Å². The molecular weight excluding hydrogens is 372 g/mol. The molecule has 2 aromatic carbocycles. The highest BCUT2D eigenvalue weighted by Crippen LogP contribution is 2.23. The van der Waals surface area contributed by atoms with Crippen LogP contribution in [0.4, 0.5) is 0 Å². The van der Waals surface area contributed by atoms with E-state index in [1.807, 2.05) is 36.4 Å². The number of Topliss-reactive ketones (excluding diaryl/α,β-unsaturated/α-hetero) is 1. The van der Waals surface area contributed by atoms with Gasteiger partial charge in [0.15, 0.2) is 5.16 Å². The maximum atomic E-state index is 12.2. The zero-order valence-corrected chi connectivity index (χ0v) is 16.1. The summed E-state index contributed by atoms with van der Waals surface area (Å²) in [6.45, 7) is 0. The number of ketones is 1. The summed E-state index contributed by atoms with van der Waals surface area (Å²) in [6, 6.07) is 15.4. The quantitative estimate of drug-likeness (QED) is 0.506. The Labute approximate surface area is 166 Å². The van der Waals surface area contributed by atoms with E-state index in [1.54, 1.807) is 23.9 Å². The van der Waals surface area contributed by atoms with Crippen molar-refractivity contribution in [1.29, 1.82) is 0 Å². The van der Waals surface area contributed by atoms with Gasteiger partial charge in [0.05, 0.1) is 11.0 Å². The lowest BCUT2D eigenvalue weighted by molar-refractivity contribution is -0.118. The number of amides is 1. The van der Waals surface area contributed by atoms with Crippen LogP contribution in [0.2, 0.25) is 0 Å². The van der Waals surface area contributed by atoms with Crippen LogP contribution in [0.1, 0.15) is 41.6 Å². The number of carbonyl (C=O) groups excluding carboxylic acids is 2. The van der Waals surface area contributed by atoms with Gasteiger partial charge in [-0.05, 0) is 42.7 Å². The number of carbonyl (C=O) groups is 2. The van der Waals surface area contributed by atoms with Crippen LogP contribution in [0.15, 0.2) is 58.8 Å². The van der Waals surface area contributed by atoms with E-state index >= 15 is 0 Å². The summed E-state index contributed by atoms with van der Waals surface area (Å²) >= 11 is 1.62. The Kier molecular flexibility index (Phi) is 5.53. The number of hydrogen-bond donors (Lipinski definition) is 2. The molecule has 1 aromatic heterocycles. The summed E-state index contributed by atoms with van der Waals surface area (Å²) in [5.41, 5.74) is 6.94. The first-order valence-corrected chi connectivity index (χ1v) is 10.2. The molecule has 7 heteroatoms. The maximum Gasteiger partial charge on any atom is 0.271 e. The summed E-state index contributed by atoms with van der Waals surface area (Å²) in [6.07, 6.45) is 2.54. The van der Waals surface area contributed by atoms with Gasteiger partial charge in [0.25, 0.3) is 5.91 Å². The number of hydrogen-bond acceptors (Lipinski definition) is 5. The first-order chi connectivity index (χ1) is 13.7. The lowest BCUT2D eigenvalue weighted by Gasteiger charge is -2.11. The van der Waals surface area contributed by atoms with Crippen LogP contribution < -0.4 is 5.43 Å². The largest absolute Gasteiger partial charge is 0.333 e. The Morgan fingerprint density at radius 3 is 2.75 bits per heavy atom. The van der Waals surface area contributed by atoms with Crippen LogP contribution in [0.3, 0.4) is 0 Å². The van der Waals surface area contributed by atoms with Gasteiger partial charge in [-0.25, -0.2) is 10.4 Å². The van der Waals surface area contributed by atoms with Gasteiger partial charge in [-0.3, -0.25) is 9.59 Å². The van der Waals surface area contributed by atoms with Crippen molar-refractivity contribution in [2.24, 2.45) is 5.10 Å². The first-order valence-electron chi connectivity index (χ1n) is 9.21. The van der Waals surface area contributed by atoms with Crippen molar-refractivity contribution in [2.45, 2.75) is 36.6 Å². The molecule has 1 heterocycles. The third-order valence-electron chi connectivity index (χ3n) is 4.60. The highest BCUT2D eigenvalue weighted by Gasteiger charge is 2.15. The SMILES string of the molecule is O=C1CCC/C(=N\NC(=O)c2ccc(CSc3nc4ccccc4[nH]3)cc2)C1. The van der Waals surface area contributed by atoms with Crippen LogP contribution >= 0.6 is 11.8 Å². The Morgan fingerprint density at radius 1 is 1.14 bits per heavy atom. The van der Waals surface area contributed by atoms with Gasteiger partial charge in [0.2, 0.25) is 0 Å². The minimum atomic E-state index is -0.262. The molecule has 1 fully saturated rings.